The number of anilines is 2. The van der Waals surface area contributed by atoms with Crippen molar-refractivity contribution in [3.05, 3.63) is 83.0 Å². The topological polar surface area (TPSA) is 61.9 Å². The second kappa shape index (κ2) is 10.5. The van der Waals surface area contributed by atoms with E-state index in [4.69, 9.17) is 21.6 Å². The lowest BCUT2D eigenvalue weighted by atomic mass is 9.92. The summed E-state index contributed by atoms with van der Waals surface area (Å²) in [6.07, 6.45) is 4.56. The average Bonchev–Trinajstić information content (AvgIpc) is 2.92. The molecule has 0 fully saturated rings. The lowest BCUT2D eigenvalue weighted by Gasteiger charge is -2.25. The Morgan fingerprint density at radius 1 is 0.784 bits per heavy atom. The fraction of sp³-hybridized carbons (Fsp3) is 0.290. The third kappa shape index (κ3) is 4.94. The van der Waals surface area contributed by atoms with Crippen LogP contribution in [0.1, 0.15) is 31.0 Å². The monoisotopic (exact) mass is 509 g/mol. The Balaban J connectivity index is 1.12. The molecule has 1 atom stereocenters. The molecular formula is C31H32ClN5. The minimum absolute atomic E-state index is 0.273. The average molecular weight is 510 g/mol. The number of rotatable bonds is 8. The van der Waals surface area contributed by atoms with Gasteiger partial charge < -0.3 is 16.0 Å². The van der Waals surface area contributed by atoms with Crippen molar-refractivity contribution in [2.45, 2.75) is 38.6 Å². The van der Waals surface area contributed by atoms with E-state index in [2.05, 4.69) is 65.3 Å². The summed E-state index contributed by atoms with van der Waals surface area (Å²) in [6, 6.07) is 23.0. The zero-order chi connectivity index (χ0) is 25.2. The Bertz CT molecular complexity index is 1530. The molecule has 0 amide bonds. The first-order valence-electron chi connectivity index (χ1n) is 13.3. The Kier molecular flexibility index (Phi) is 6.81. The number of para-hydroxylation sites is 2. The SMILES string of the molecule is CC(CNCCNc1c2ccccc2nc2ccccc12)Nc1c2c(nc3cc(Cl)ccc13)CCCC2. The fourth-order valence-corrected chi connectivity index (χ4v) is 5.65. The highest BCUT2D eigenvalue weighted by Gasteiger charge is 2.19. The van der Waals surface area contributed by atoms with Crippen LogP contribution >= 0.6 is 11.6 Å². The number of aromatic nitrogens is 2. The zero-order valence-electron chi connectivity index (χ0n) is 21.2. The fourth-order valence-electron chi connectivity index (χ4n) is 5.49. The summed E-state index contributed by atoms with van der Waals surface area (Å²) in [5.41, 5.74) is 8.01. The van der Waals surface area contributed by atoms with E-state index in [1.807, 2.05) is 24.3 Å². The van der Waals surface area contributed by atoms with Crippen LogP contribution in [0.2, 0.25) is 5.02 Å². The molecule has 3 aromatic carbocycles. The minimum Gasteiger partial charge on any atom is -0.383 e. The Hall–Kier alpha value is -3.41. The summed E-state index contributed by atoms with van der Waals surface area (Å²) in [4.78, 5) is 9.78. The summed E-state index contributed by atoms with van der Waals surface area (Å²) < 4.78 is 0. The smallest absolute Gasteiger partial charge is 0.0741 e. The molecule has 0 radical (unpaired) electrons. The molecule has 6 heteroatoms. The maximum atomic E-state index is 6.29. The molecule has 2 heterocycles. The van der Waals surface area contributed by atoms with Gasteiger partial charge in [-0.2, -0.15) is 0 Å². The zero-order valence-corrected chi connectivity index (χ0v) is 21.9. The van der Waals surface area contributed by atoms with Crippen LogP contribution in [0.15, 0.2) is 66.7 Å². The summed E-state index contributed by atoms with van der Waals surface area (Å²) >= 11 is 6.29. The molecule has 37 heavy (non-hydrogen) atoms. The van der Waals surface area contributed by atoms with Crippen molar-refractivity contribution in [1.29, 1.82) is 0 Å². The first-order valence-corrected chi connectivity index (χ1v) is 13.6. The molecule has 1 aliphatic rings. The van der Waals surface area contributed by atoms with Gasteiger partial charge in [0.1, 0.15) is 0 Å². The van der Waals surface area contributed by atoms with Crippen molar-refractivity contribution in [3.8, 4) is 0 Å². The van der Waals surface area contributed by atoms with E-state index in [0.29, 0.717) is 0 Å². The number of pyridine rings is 2. The predicted octanol–water partition coefficient (Wildman–Crippen LogP) is 6.97. The number of aryl methyl sites for hydroxylation is 1. The molecule has 0 spiro atoms. The Morgan fingerprint density at radius 2 is 1.49 bits per heavy atom. The van der Waals surface area contributed by atoms with Crippen LogP contribution in [0.25, 0.3) is 32.7 Å². The van der Waals surface area contributed by atoms with Gasteiger partial charge in [0.05, 0.1) is 22.2 Å². The van der Waals surface area contributed by atoms with Crippen LogP contribution in [0, 0.1) is 0 Å². The number of nitrogens with one attached hydrogen (secondary N) is 3. The first-order chi connectivity index (χ1) is 18.2. The van der Waals surface area contributed by atoms with Crippen LogP contribution in [-0.4, -0.2) is 35.6 Å². The van der Waals surface area contributed by atoms with Crippen molar-refractivity contribution in [2.75, 3.05) is 30.3 Å². The molecule has 5 aromatic rings. The van der Waals surface area contributed by atoms with Crippen LogP contribution in [-0.2, 0) is 12.8 Å². The van der Waals surface area contributed by atoms with Gasteiger partial charge in [0, 0.05) is 58.2 Å². The molecule has 6 rings (SSSR count). The maximum absolute atomic E-state index is 6.29. The van der Waals surface area contributed by atoms with Crippen LogP contribution in [0.5, 0.6) is 0 Å². The number of benzene rings is 3. The lowest BCUT2D eigenvalue weighted by Crippen LogP contribution is -2.33. The number of nitrogens with zero attached hydrogens (tertiary/aromatic N) is 2. The minimum atomic E-state index is 0.273. The van der Waals surface area contributed by atoms with Crippen molar-refractivity contribution >= 4 is 55.7 Å². The summed E-state index contributed by atoms with van der Waals surface area (Å²) in [7, 11) is 0. The molecule has 2 aromatic heterocycles. The third-order valence-corrected chi connectivity index (χ3v) is 7.49. The Morgan fingerprint density at radius 3 is 2.27 bits per heavy atom. The number of fused-ring (bicyclic) bond motifs is 4. The molecule has 5 nitrogen and oxygen atoms in total. The Labute approximate surface area is 222 Å². The van der Waals surface area contributed by atoms with Gasteiger partial charge in [0.25, 0.3) is 0 Å². The second-order valence-electron chi connectivity index (χ2n) is 9.98. The molecule has 1 unspecified atom stereocenters. The van der Waals surface area contributed by atoms with Gasteiger partial charge >= 0.3 is 0 Å². The highest BCUT2D eigenvalue weighted by molar-refractivity contribution is 6.31. The molecule has 0 bridgehead atoms. The van der Waals surface area contributed by atoms with Gasteiger partial charge in [-0.3, -0.25) is 4.98 Å². The standard InChI is InChI=1S/C31H32ClN5/c1-20(35-31-24-10-4-7-13-28(24)37-29-18-21(32)14-15-25(29)31)19-33-16-17-34-30-22-8-2-5-11-26(22)36-27-12-6-3-9-23(27)30/h2-3,5-6,8-9,11-12,14-15,18,20,33H,4,7,10,13,16-17,19H2,1H3,(H,34,36)(H,35,37). The van der Waals surface area contributed by atoms with Crippen LogP contribution < -0.4 is 16.0 Å². The van der Waals surface area contributed by atoms with Gasteiger partial charge in [-0.05, 0) is 68.5 Å². The van der Waals surface area contributed by atoms with Gasteiger partial charge in [0.2, 0.25) is 0 Å². The lowest BCUT2D eigenvalue weighted by molar-refractivity contribution is 0.638. The highest BCUT2D eigenvalue weighted by atomic mass is 35.5. The largest absolute Gasteiger partial charge is 0.383 e. The van der Waals surface area contributed by atoms with Gasteiger partial charge in [-0.25, -0.2) is 4.98 Å². The number of hydrogen-bond acceptors (Lipinski definition) is 5. The molecule has 0 saturated carbocycles. The summed E-state index contributed by atoms with van der Waals surface area (Å²) in [5.74, 6) is 0. The summed E-state index contributed by atoms with van der Waals surface area (Å²) in [5, 5.41) is 15.3. The van der Waals surface area contributed by atoms with Crippen molar-refractivity contribution in [2.24, 2.45) is 0 Å². The molecule has 3 N–H and O–H groups in total. The van der Waals surface area contributed by atoms with E-state index in [0.717, 1.165) is 75.9 Å². The quantitative estimate of drug-likeness (QED) is 0.156. The maximum Gasteiger partial charge on any atom is 0.0741 e. The van der Waals surface area contributed by atoms with E-state index >= 15 is 0 Å². The number of halogens is 1. The third-order valence-electron chi connectivity index (χ3n) is 7.26. The molecule has 0 aliphatic heterocycles. The second-order valence-corrected chi connectivity index (χ2v) is 10.4. The molecule has 0 saturated heterocycles. The predicted molar refractivity (Wildman–Crippen MR) is 157 cm³/mol. The molecule has 1 aliphatic carbocycles. The first kappa shape index (κ1) is 24.0. The van der Waals surface area contributed by atoms with E-state index in [1.165, 1.54) is 29.8 Å². The molecular weight excluding hydrogens is 478 g/mol. The van der Waals surface area contributed by atoms with E-state index in [1.54, 1.807) is 0 Å². The normalized spacial score (nSPS) is 14.1. The van der Waals surface area contributed by atoms with E-state index in [9.17, 15) is 0 Å². The number of hydrogen-bond donors (Lipinski definition) is 3. The van der Waals surface area contributed by atoms with E-state index in [-0.39, 0.29) is 6.04 Å². The van der Waals surface area contributed by atoms with E-state index < -0.39 is 0 Å². The van der Waals surface area contributed by atoms with Gasteiger partial charge in [0.15, 0.2) is 0 Å². The molecule has 188 valence electrons. The van der Waals surface area contributed by atoms with Gasteiger partial charge in [-0.15, -0.1) is 0 Å². The van der Waals surface area contributed by atoms with Gasteiger partial charge in [-0.1, -0.05) is 48.0 Å². The van der Waals surface area contributed by atoms with Crippen molar-refractivity contribution in [3.63, 3.8) is 0 Å². The van der Waals surface area contributed by atoms with Crippen LogP contribution in [0.3, 0.4) is 0 Å². The van der Waals surface area contributed by atoms with Crippen LogP contribution in [0.4, 0.5) is 11.4 Å². The highest BCUT2D eigenvalue weighted by Crippen LogP contribution is 2.35. The van der Waals surface area contributed by atoms with Crippen molar-refractivity contribution in [1.82, 2.24) is 15.3 Å². The summed E-state index contributed by atoms with van der Waals surface area (Å²) in [6.45, 7) is 4.80. The van der Waals surface area contributed by atoms with Crippen molar-refractivity contribution < 1.29 is 0 Å².